The van der Waals surface area contributed by atoms with E-state index in [2.05, 4.69) is 10.6 Å². The molecule has 1 fully saturated rings. The molecular weight excluding hydrogens is 274 g/mol. The first kappa shape index (κ1) is 15.1. The molecule has 1 aromatic rings. The zero-order valence-corrected chi connectivity index (χ0v) is 11.7. The molecule has 0 bridgehead atoms. The van der Waals surface area contributed by atoms with Gasteiger partial charge in [0.05, 0.1) is 4.92 Å². The summed E-state index contributed by atoms with van der Waals surface area (Å²) in [7, 11) is 0. The van der Waals surface area contributed by atoms with Crippen molar-refractivity contribution in [1.82, 2.24) is 10.6 Å². The molecule has 0 radical (unpaired) electrons. The van der Waals surface area contributed by atoms with Gasteiger partial charge < -0.3 is 5.32 Å². The van der Waals surface area contributed by atoms with E-state index >= 15 is 0 Å². The number of piperidine rings is 1. The second-order valence-electron chi connectivity index (χ2n) is 5.10. The Morgan fingerprint density at radius 2 is 2.00 bits per heavy atom. The Bertz CT molecular complexity index is 580. The van der Waals surface area contributed by atoms with E-state index in [1.165, 1.54) is 18.2 Å². The molecule has 0 unspecified atom stereocenters. The number of rotatable bonds is 3. The lowest BCUT2D eigenvalue weighted by Crippen LogP contribution is -2.40. The Hall–Kier alpha value is -2.28. The van der Waals surface area contributed by atoms with Crippen LogP contribution in [0.3, 0.4) is 0 Å². The van der Waals surface area contributed by atoms with Crippen molar-refractivity contribution in [3.8, 4) is 0 Å². The number of hydrogen-bond donors (Lipinski definition) is 2. The number of hydrogen-bond acceptors (Lipinski definition) is 5. The number of aryl methyl sites for hydroxylation is 1. The largest absolute Gasteiger partial charge is 0.317 e. The van der Waals surface area contributed by atoms with Gasteiger partial charge >= 0.3 is 0 Å². The van der Waals surface area contributed by atoms with Gasteiger partial charge in [-0.3, -0.25) is 25.0 Å². The molecule has 1 aliphatic rings. The number of nitrogens with one attached hydrogen (secondary N) is 2. The number of nitro groups is 1. The monoisotopic (exact) mass is 291 g/mol. The summed E-state index contributed by atoms with van der Waals surface area (Å²) in [6, 6.07) is 4.05. The first-order valence-corrected chi connectivity index (χ1v) is 6.80. The highest BCUT2D eigenvalue weighted by Crippen LogP contribution is 2.19. The van der Waals surface area contributed by atoms with Gasteiger partial charge in [0.2, 0.25) is 5.91 Å². The second-order valence-corrected chi connectivity index (χ2v) is 5.10. The lowest BCUT2D eigenvalue weighted by Gasteiger charge is -2.21. The quantitative estimate of drug-likeness (QED) is 0.494. The normalized spacial score (nSPS) is 15.5. The Morgan fingerprint density at radius 1 is 1.33 bits per heavy atom. The van der Waals surface area contributed by atoms with E-state index in [1.807, 2.05) is 0 Å². The number of benzene rings is 1. The molecule has 1 saturated heterocycles. The van der Waals surface area contributed by atoms with Crippen LogP contribution >= 0.6 is 0 Å². The number of amides is 2. The summed E-state index contributed by atoms with van der Waals surface area (Å²) in [6.45, 7) is 3.09. The first-order chi connectivity index (χ1) is 9.99. The fourth-order valence-electron chi connectivity index (χ4n) is 2.37. The van der Waals surface area contributed by atoms with Gasteiger partial charge in [-0.15, -0.1) is 0 Å². The summed E-state index contributed by atoms with van der Waals surface area (Å²) in [5.41, 5.74) is 0.596. The summed E-state index contributed by atoms with van der Waals surface area (Å²) >= 11 is 0. The summed E-state index contributed by atoms with van der Waals surface area (Å²) < 4.78 is 0. The lowest BCUT2D eigenvalue weighted by atomic mass is 9.97. The van der Waals surface area contributed by atoms with Crippen LogP contribution < -0.4 is 10.6 Å². The second kappa shape index (κ2) is 6.45. The van der Waals surface area contributed by atoms with Gasteiger partial charge in [-0.2, -0.15) is 0 Å². The number of carbonyl (C=O) groups is 2. The van der Waals surface area contributed by atoms with Crippen molar-refractivity contribution in [1.29, 1.82) is 0 Å². The molecule has 1 heterocycles. The van der Waals surface area contributed by atoms with Crippen molar-refractivity contribution >= 4 is 17.5 Å². The van der Waals surface area contributed by atoms with Crippen LogP contribution in [-0.2, 0) is 4.79 Å². The van der Waals surface area contributed by atoms with E-state index in [-0.39, 0.29) is 23.1 Å². The predicted molar refractivity (Wildman–Crippen MR) is 75.9 cm³/mol. The zero-order chi connectivity index (χ0) is 15.4. The van der Waals surface area contributed by atoms with E-state index in [9.17, 15) is 19.7 Å². The maximum atomic E-state index is 12.0. The van der Waals surface area contributed by atoms with Crippen LogP contribution in [0.2, 0.25) is 0 Å². The summed E-state index contributed by atoms with van der Waals surface area (Å²) in [5, 5.41) is 16.2. The third-order valence-corrected chi connectivity index (χ3v) is 3.60. The van der Waals surface area contributed by atoms with E-state index in [0.29, 0.717) is 18.4 Å². The van der Waals surface area contributed by atoms with Gasteiger partial charge in [-0.05, 0) is 45.0 Å². The van der Waals surface area contributed by atoms with E-state index in [4.69, 9.17) is 0 Å². The highest BCUT2D eigenvalue weighted by Gasteiger charge is 2.23. The van der Waals surface area contributed by atoms with Gasteiger partial charge in [0.25, 0.3) is 11.6 Å². The van der Waals surface area contributed by atoms with E-state index in [0.717, 1.165) is 13.1 Å². The number of imide groups is 1. The molecule has 7 heteroatoms. The van der Waals surface area contributed by atoms with Crippen molar-refractivity contribution in [2.45, 2.75) is 19.8 Å². The highest BCUT2D eigenvalue weighted by molar-refractivity contribution is 6.05. The standard InChI is InChI=1S/C14H17N3O4/c1-9-8-11(2-3-12(9)17(20)21)14(19)16-13(18)10-4-6-15-7-5-10/h2-3,8,10,15H,4-7H2,1H3,(H,16,18,19). The Labute approximate surface area is 121 Å². The molecule has 1 aromatic carbocycles. The van der Waals surface area contributed by atoms with Gasteiger partial charge in [0.1, 0.15) is 0 Å². The van der Waals surface area contributed by atoms with Gasteiger partial charge in [-0.25, -0.2) is 0 Å². The van der Waals surface area contributed by atoms with Crippen LogP contribution in [0.1, 0.15) is 28.8 Å². The van der Waals surface area contributed by atoms with Gasteiger partial charge in [0, 0.05) is 23.1 Å². The number of nitrogens with zero attached hydrogens (tertiary/aromatic N) is 1. The van der Waals surface area contributed by atoms with E-state index < -0.39 is 10.8 Å². The SMILES string of the molecule is Cc1cc(C(=O)NC(=O)C2CCNCC2)ccc1[N+](=O)[O-]. The van der Waals surface area contributed by atoms with Crippen molar-refractivity contribution in [3.05, 3.63) is 39.4 Å². The molecule has 7 nitrogen and oxygen atoms in total. The smallest absolute Gasteiger partial charge is 0.272 e. The van der Waals surface area contributed by atoms with Crippen LogP contribution in [0.25, 0.3) is 0 Å². The third-order valence-electron chi connectivity index (χ3n) is 3.60. The summed E-state index contributed by atoms with van der Waals surface area (Å²) in [4.78, 5) is 34.2. The number of carbonyl (C=O) groups excluding carboxylic acids is 2. The minimum Gasteiger partial charge on any atom is -0.317 e. The van der Waals surface area contributed by atoms with Crippen molar-refractivity contribution < 1.29 is 14.5 Å². The van der Waals surface area contributed by atoms with Crippen molar-refractivity contribution in [2.75, 3.05) is 13.1 Å². The fourth-order valence-corrected chi connectivity index (χ4v) is 2.37. The Kier molecular flexibility index (Phi) is 4.64. The predicted octanol–water partition coefficient (Wildman–Crippen LogP) is 1.16. The molecule has 0 saturated carbocycles. The molecule has 2 amide bonds. The third kappa shape index (κ3) is 3.63. The zero-order valence-electron chi connectivity index (χ0n) is 11.7. The van der Waals surface area contributed by atoms with Crippen LogP contribution in [-0.4, -0.2) is 29.8 Å². The molecule has 1 aliphatic heterocycles. The lowest BCUT2D eigenvalue weighted by molar-refractivity contribution is -0.385. The van der Waals surface area contributed by atoms with Crippen molar-refractivity contribution in [3.63, 3.8) is 0 Å². The molecular formula is C14H17N3O4. The minimum absolute atomic E-state index is 0.0452. The Balaban J connectivity index is 2.04. The molecule has 2 N–H and O–H groups in total. The molecule has 2 rings (SSSR count). The van der Waals surface area contributed by atoms with Crippen LogP contribution in [0.4, 0.5) is 5.69 Å². The average Bonchev–Trinajstić information content (AvgIpc) is 2.47. The summed E-state index contributed by atoms with van der Waals surface area (Å²) in [5.74, 6) is -0.955. The van der Waals surface area contributed by atoms with Crippen LogP contribution in [0.5, 0.6) is 0 Å². The fraction of sp³-hybridized carbons (Fsp3) is 0.429. The Morgan fingerprint density at radius 3 is 2.57 bits per heavy atom. The van der Waals surface area contributed by atoms with Crippen LogP contribution in [0, 0.1) is 23.0 Å². The molecule has 21 heavy (non-hydrogen) atoms. The van der Waals surface area contributed by atoms with E-state index in [1.54, 1.807) is 6.92 Å². The maximum absolute atomic E-state index is 12.0. The molecule has 0 aliphatic carbocycles. The maximum Gasteiger partial charge on any atom is 0.272 e. The summed E-state index contributed by atoms with van der Waals surface area (Å²) in [6.07, 6.45) is 1.41. The topological polar surface area (TPSA) is 101 Å². The van der Waals surface area contributed by atoms with Crippen molar-refractivity contribution in [2.24, 2.45) is 5.92 Å². The molecule has 0 spiro atoms. The van der Waals surface area contributed by atoms with Crippen LogP contribution in [0.15, 0.2) is 18.2 Å². The molecule has 0 aromatic heterocycles. The first-order valence-electron chi connectivity index (χ1n) is 6.80. The van der Waals surface area contributed by atoms with Gasteiger partial charge in [-0.1, -0.05) is 0 Å². The van der Waals surface area contributed by atoms with Gasteiger partial charge in [0.15, 0.2) is 0 Å². The average molecular weight is 291 g/mol. The number of nitro benzene ring substituents is 1. The molecule has 112 valence electrons. The molecule has 0 atom stereocenters. The highest BCUT2D eigenvalue weighted by atomic mass is 16.6. The minimum atomic E-state index is -0.517.